The monoisotopic (exact) mass is 364 g/mol. The number of sulfone groups is 1. The fourth-order valence-electron chi connectivity index (χ4n) is 3.52. The Morgan fingerprint density at radius 3 is 2.44 bits per heavy atom. The van der Waals surface area contributed by atoms with Crippen molar-refractivity contribution in [3.8, 4) is 0 Å². The van der Waals surface area contributed by atoms with Crippen LogP contribution < -0.4 is 0 Å². The maximum absolute atomic E-state index is 12.7. The van der Waals surface area contributed by atoms with Crippen molar-refractivity contribution < 1.29 is 18.0 Å². The van der Waals surface area contributed by atoms with Crippen LogP contribution in [0.25, 0.3) is 0 Å². The highest BCUT2D eigenvalue weighted by molar-refractivity contribution is 7.91. The highest BCUT2D eigenvalue weighted by Crippen LogP contribution is 2.20. The Kier molecular flexibility index (Phi) is 5.13. The van der Waals surface area contributed by atoms with E-state index in [1.165, 1.54) is 4.90 Å². The zero-order valence-corrected chi connectivity index (χ0v) is 15.3. The average molecular weight is 364 g/mol. The van der Waals surface area contributed by atoms with Crippen molar-refractivity contribution in [3.63, 3.8) is 0 Å². The van der Waals surface area contributed by atoms with Crippen molar-refractivity contribution in [2.75, 3.05) is 31.6 Å². The zero-order chi connectivity index (χ0) is 18.0. The van der Waals surface area contributed by atoms with Gasteiger partial charge in [0.25, 0.3) is 11.8 Å². The number of carbonyl (C=O) groups is 2. The van der Waals surface area contributed by atoms with Gasteiger partial charge in [0, 0.05) is 37.3 Å². The smallest absolute Gasteiger partial charge is 0.253 e. The minimum atomic E-state index is -3.05. The molecule has 2 aliphatic heterocycles. The third-order valence-electron chi connectivity index (χ3n) is 5.08. The molecule has 1 atom stereocenters. The van der Waals surface area contributed by atoms with Crippen molar-refractivity contribution >= 4 is 21.7 Å². The minimum Gasteiger partial charge on any atom is -0.339 e. The molecule has 7 heteroatoms. The van der Waals surface area contributed by atoms with Crippen LogP contribution in [0.1, 0.15) is 46.4 Å². The second kappa shape index (κ2) is 7.15. The molecule has 1 unspecified atom stereocenters. The summed E-state index contributed by atoms with van der Waals surface area (Å²) in [6.07, 6.45) is 3.65. The zero-order valence-electron chi connectivity index (χ0n) is 14.5. The molecule has 0 N–H and O–H groups in total. The Bertz CT molecular complexity index is 769. The number of benzene rings is 1. The number of rotatable bonds is 3. The first-order valence-corrected chi connectivity index (χ1v) is 10.6. The second-order valence-electron chi connectivity index (χ2n) is 6.91. The SMILES string of the molecule is CN(C(=O)c1cccc(C(=O)N2CCCCC2)c1)C1CCS(=O)(=O)C1. The van der Waals surface area contributed by atoms with Gasteiger partial charge in [0.2, 0.25) is 0 Å². The first-order valence-electron chi connectivity index (χ1n) is 8.74. The van der Waals surface area contributed by atoms with Crippen LogP contribution in [0.4, 0.5) is 0 Å². The molecule has 2 fully saturated rings. The van der Waals surface area contributed by atoms with Gasteiger partial charge in [0.15, 0.2) is 9.84 Å². The van der Waals surface area contributed by atoms with Crippen LogP contribution in [0.3, 0.4) is 0 Å². The van der Waals surface area contributed by atoms with E-state index in [9.17, 15) is 18.0 Å². The van der Waals surface area contributed by atoms with E-state index in [1.807, 2.05) is 4.90 Å². The van der Waals surface area contributed by atoms with Crippen LogP contribution in [-0.2, 0) is 9.84 Å². The van der Waals surface area contributed by atoms with E-state index in [-0.39, 0.29) is 29.4 Å². The molecule has 3 rings (SSSR count). The lowest BCUT2D eigenvalue weighted by molar-refractivity contribution is 0.0724. The van der Waals surface area contributed by atoms with Gasteiger partial charge in [-0.05, 0) is 43.9 Å². The van der Waals surface area contributed by atoms with E-state index in [1.54, 1.807) is 31.3 Å². The van der Waals surface area contributed by atoms with Gasteiger partial charge in [-0.15, -0.1) is 0 Å². The van der Waals surface area contributed by atoms with Crippen molar-refractivity contribution in [1.82, 2.24) is 9.80 Å². The number of likely N-dealkylation sites (tertiary alicyclic amines) is 1. The molecule has 0 aliphatic carbocycles. The van der Waals surface area contributed by atoms with Crippen molar-refractivity contribution in [1.29, 1.82) is 0 Å². The molecule has 25 heavy (non-hydrogen) atoms. The topological polar surface area (TPSA) is 74.8 Å². The molecule has 2 aliphatic rings. The highest BCUT2D eigenvalue weighted by atomic mass is 32.2. The van der Waals surface area contributed by atoms with Crippen LogP contribution in [0.5, 0.6) is 0 Å². The molecule has 136 valence electrons. The van der Waals surface area contributed by atoms with E-state index in [4.69, 9.17) is 0 Å². The van der Waals surface area contributed by atoms with Crippen LogP contribution in [0, 0.1) is 0 Å². The predicted molar refractivity (Wildman–Crippen MR) is 95.3 cm³/mol. The molecule has 0 bridgehead atoms. The van der Waals surface area contributed by atoms with Gasteiger partial charge in [0.1, 0.15) is 0 Å². The largest absolute Gasteiger partial charge is 0.339 e. The summed E-state index contributed by atoms with van der Waals surface area (Å²) in [4.78, 5) is 28.6. The number of nitrogens with zero attached hydrogens (tertiary/aromatic N) is 2. The molecule has 2 amide bonds. The van der Waals surface area contributed by atoms with Crippen LogP contribution >= 0.6 is 0 Å². The Balaban J connectivity index is 1.74. The second-order valence-corrected chi connectivity index (χ2v) is 9.14. The molecule has 0 radical (unpaired) electrons. The third kappa shape index (κ3) is 4.03. The summed E-state index contributed by atoms with van der Waals surface area (Å²) in [6.45, 7) is 1.52. The van der Waals surface area contributed by atoms with Gasteiger partial charge in [-0.2, -0.15) is 0 Å². The molecule has 1 aromatic carbocycles. The molecule has 6 nitrogen and oxygen atoms in total. The maximum Gasteiger partial charge on any atom is 0.253 e. The number of piperidine rings is 1. The van der Waals surface area contributed by atoms with Crippen LogP contribution in [0.15, 0.2) is 24.3 Å². The van der Waals surface area contributed by atoms with Gasteiger partial charge in [-0.1, -0.05) is 6.07 Å². The molecule has 2 heterocycles. The van der Waals surface area contributed by atoms with Gasteiger partial charge in [-0.3, -0.25) is 9.59 Å². The van der Waals surface area contributed by atoms with Crippen molar-refractivity contribution in [3.05, 3.63) is 35.4 Å². The highest BCUT2D eigenvalue weighted by Gasteiger charge is 2.33. The summed E-state index contributed by atoms with van der Waals surface area (Å²) in [7, 11) is -1.42. The molecular weight excluding hydrogens is 340 g/mol. The summed E-state index contributed by atoms with van der Waals surface area (Å²) >= 11 is 0. The lowest BCUT2D eigenvalue weighted by Crippen LogP contribution is -2.38. The minimum absolute atomic E-state index is 0.0155. The van der Waals surface area contributed by atoms with Crippen molar-refractivity contribution in [2.24, 2.45) is 0 Å². The Hall–Kier alpha value is -1.89. The number of hydrogen-bond acceptors (Lipinski definition) is 4. The normalized spacial score (nSPS) is 22.6. The van der Waals surface area contributed by atoms with Crippen LogP contribution in [-0.4, -0.2) is 67.7 Å². The summed E-state index contributed by atoms with van der Waals surface area (Å²) in [5, 5.41) is 0. The predicted octanol–water partition coefficient (Wildman–Crippen LogP) is 1.57. The average Bonchev–Trinajstić information content (AvgIpc) is 3.00. The Morgan fingerprint density at radius 1 is 1.12 bits per heavy atom. The van der Waals surface area contributed by atoms with Gasteiger partial charge in [0.05, 0.1) is 11.5 Å². The molecule has 0 saturated carbocycles. The van der Waals surface area contributed by atoms with Crippen LogP contribution in [0.2, 0.25) is 0 Å². The molecule has 0 aromatic heterocycles. The lowest BCUT2D eigenvalue weighted by atomic mass is 10.1. The summed E-state index contributed by atoms with van der Waals surface area (Å²) in [6, 6.07) is 6.45. The number of carbonyl (C=O) groups excluding carboxylic acids is 2. The molecule has 1 aromatic rings. The Labute approximate surface area is 148 Å². The first-order chi connectivity index (χ1) is 11.9. The van der Waals surface area contributed by atoms with E-state index in [0.29, 0.717) is 17.5 Å². The molecular formula is C18H24N2O4S. The lowest BCUT2D eigenvalue weighted by Gasteiger charge is -2.27. The summed E-state index contributed by atoms with van der Waals surface area (Å²) in [5.74, 6) is -0.138. The number of hydrogen-bond donors (Lipinski definition) is 0. The van der Waals surface area contributed by atoms with Gasteiger partial charge in [-0.25, -0.2) is 8.42 Å². The van der Waals surface area contributed by atoms with E-state index < -0.39 is 9.84 Å². The first kappa shape index (κ1) is 17.9. The fraction of sp³-hybridized carbons (Fsp3) is 0.556. The van der Waals surface area contributed by atoms with E-state index >= 15 is 0 Å². The molecule has 2 saturated heterocycles. The third-order valence-corrected chi connectivity index (χ3v) is 6.83. The van der Waals surface area contributed by atoms with Gasteiger partial charge >= 0.3 is 0 Å². The number of amides is 2. The standard InChI is InChI=1S/C18H24N2O4S/c1-19(16-8-11-25(23,24)13-16)17(21)14-6-5-7-15(12-14)18(22)20-9-3-2-4-10-20/h5-7,12,16H,2-4,8-11,13H2,1H3. The maximum atomic E-state index is 12.7. The quantitative estimate of drug-likeness (QED) is 0.816. The van der Waals surface area contributed by atoms with Gasteiger partial charge < -0.3 is 9.80 Å². The van der Waals surface area contributed by atoms with Crippen molar-refractivity contribution in [2.45, 2.75) is 31.7 Å². The van der Waals surface area contributed by atoms with E-state index in [0.717, 1.165) is 32.4 Å². The summed E-state index contributed by atoms with van der Waals surface area (Å²) < 4.78 is 23.3. The van der Waals surface area contributed by atoms with E-state index in [2.05, 4.69) is 0 Å². The molecule has 0 spiro atoms. The Morgan fingerprint density at radius 2 is 1.80 bits per heavy atom. The fourth-order valence-corrected chi connectivity index (χ4v) is 5.29. The summed E-state index contributed by atoms with van der Waals surface area (Å²) in [5.41, 5.74) is 0.940.